The van der Waals surface area contributed by atoms with Gasteiger partial charge in [-0.3, -0.25) is 16.3 Å². The first-order chi connectivity index (χ1) is 9.78. The minimum Gasteiger partial charge on any atom is -0.271 e. The number of fused-ring (bicyclic) bond motifs is 1. The van der Waals surface area contributed by atoms with Gasteiger partial charge in [0.05, 0.1) is 0 Å². The summed E-state index contributed by atoms with van der Waals surface area (Å²) in [6.45, 7) is 0. The van der Waals surface area contributed by atoms with Crippen LogP contribution in [0.1, 0.15) is 34.8 Å². The van der Waals surface area contributed by atoms with Crippen molar-refractivity contribution in [2.24, 2.45) is 5.84 Å². The maximum atomic E-state index is 5.84. The summed E-state index contributed by atoms with van der Waals surface area (Å²) < 4.78 is 1.02. The molecule has 0 bridgehead atoms. The molecule has 106 valence electrons. The Bertz CT molecular complexity index is 584. The second-order valence-corrected chi connectivity index (χ2v) is 7.20. The number of hydrogen-bond donors (Lipinski definition) is 2. The van der Waals surface area contributed by atoms with Gasteiger partial charge in [-0.1, -0.05) is 0 Å². The average Bonchev–Trinajstić information content (AvgIpc) is 2.93. The Morgan fingerprint density at radius 3 is 3.20 bits per heavy atom. The van der Waals surface area contributed by atoms with Crippen molar-refractivity contribution in [3.63, 3.8) is 0 Å². The summed E-state index contributed by atoms with van der Waals surface area (Å²) in [4.78, 5) is 5.77. The summed E-state index contributed by atoms with van der Waals surface area (Å²) in [5.41, 5.74) is 5.74. The van der Waals surface area contributed by atoms with Crippen LogP contribution in [0.25, 0.3) is 0 Å². The van der Waals surface area contributed by atoms with Crippen LogP contribution in [-0.2, 0) is 12.8 Å². The summed E-state index contributed by atoms with van der Waals surface area (Å²) in [7, 11) is 0. The molecule has 3 nitrogen and oxygen atoms in total. The van der Waals surface area contributed by atoms with Gasteiger partial charge in [0.15, 0.2) is 0 Å². The third-order valence-electron chi connectivity index (χ3n) is 4.02. The van der Waals surface area contributed by atoms with E-state index in [0.29, 0.717) is 5.92 Å². The Labute approximate surface area is 131 Å². The monoisotopic (exact) mass is 351 g/mol. The Morgan fingerprint density at radius 2 is 2.40 bits per heavy atom. The highest BCUT2D eigenvalue weighted by molar-refractivity contribution is 9.10. The lowest BCUT2D eigenvalue weighted by Crippen LogP contribution is -2.42. The number of thiophene rings is 1. The first-order valence-corrected chi connectivity index (χ1v) is 8.57. The molecule has 2 aromatic rings. The van der Waals surface area contributed by atoms with Gasteiger partial charge in [-0.2, -0.15) is 0 Å². The molecule has 0 aliphatic heterocycles. The molecule has 2 atom stereocenters. The smallest absolute Gasteiger partial charge is 0.0410 e. The molecule has 2 heterocycles. The number of rotatable bonds is 4. The minimum absolute atomic E-state index is 0.264. The molecule has 3 rings (SSSR count). The Hall–Kier alpha value is -0.750. The number of nitrogens with one attached hydrogen (secondary N) is 1. The lowest BCUT2D eigenvalue weighted by Gasteiger charge is -2.30. The molecular weight excluding hydrogens is 334 g/mol. The van der Waals surface area contributed by atoms with Gasteiger partial charge in [0, 0.05) is 33.7 Å². The molecule has 0 spiro atoms. The fourth-order valence-electron chi connectivity index (χ4n) is 3.08. The fraction of sp³-hybridized carbons (Fsp3) is 0.400. The Balaban J connectivity index is 1.81. The molecule has 3 N–H and O–H groups in total. The highest BCUT2D eigenvalue weighted by Crippen LogP contribution is 2.37. The molecule has 0 amide bonds. The Kier molecular flexibility index (Phi) is 4.51. The van der Waals surface area contributed by atoms with E-state index in [-0.39, 0.29) is 6.04 Å². The number of aryl methyl sites for hydroxylation is 1. The van der Waals surface area contributed by atoms with Crippen LogP contribution in [0.2, 0.25) is 0 Å². The van der Waals surface area contributed by atoms with Gasteiger partial charge in [-0.15, -0.1) is 11.3 Å². The summed E-state index contributed by atoms with van der Waals surface area (Å²) >= 11 is 5.35. The third-order valence-corrected chi connectivity index (χ3v) is 5.45. The topological polar surface area (TPSA) is 50.9 Å². The van der Waals surface area contributed by atoms with E-state index in [1.165, 1.54) is 35.3 Å². The van der Waals surface area contributed by atoms with Crippen molar-refractivity contribution in [2.75, 3.05) is 0 Å². The van der Waals surface area contributed by atoms with Crippen molar-refractivity contribution in [1.82, 2.24) is 10.4 Å². The predicted molar refractivity (Wildman–Crippen MR) is 86.8 cm³/mol. The molecule has 1 aliphatic carbocycles. The number of nitrogens with zero attached hydrogens (tertiary/aromatic N) is 1. The summed E-state index contributed by atoms with van der Waals surface area (Å²) in [5.74, 6) is 6.34. The second kappa shape index (κ2) is 6.35. The third kappa shape index (κ3) is 2.96. The molecule has 0 saturated heterocycles. The molecule has 0 radical (unpaired) electrons. The number of aromatic nitrogens is 1. The predicted octanol–water partition coefficient (Wildman–Crippen LogP) is 3.40. The first-order valence-electron chi connectivity index (χ1n) is 6.89. The molecule has 2 unspecified atom stereocenters. The fourth-order valence-corrected chi connectivity index (χ4v) is 4.49. The van der Waals surface area contributed by atoms with E-state index in [0.717, 1.165) is 10.9 Å². The zero-order chi connectivity index (χ0) is 13.9. The molecule has 0 fully saturated rings. The second-order valence-electron chi connectivity index (χ2n) is 5.29. The van der Waals surface area contributed by atoms with Gasteiger partial charge >= 0.3 is 0 Å². The van der Waals surface area contributed by atoms with E-state index in [9.17, 15) is 0 Å². The minimum atomic E-state index is 0.264. The number of hydrogen-bond acceptors (Lipinski definition) is 4. The van der Waals surface area contributed by atoms with Gasteiger partial charge < -0.3 is 0 Å². The van der Waals surface area contributed by atoms with Crippen LogP contribution in [0.5, 0.6) is 0 Å². The number of pyridine rings is 1. The van der Waals surface area contributed by atoms with Gasteiger partial charge in [-0.25, -0.2) is 0 Å². The van der Waals surface area contributed by atoms with Gasteiger partial charge in [0.25, 0.3) is 0 Å². The first kappa shape index (κ1) is 14.2. The highest BCUT2D eigenvalue weighted by Gasteiger charge is 2.28. The zero-order valence-electron chi connectivity index (χ0n) is 11.2. The van der Waals surface area contributed by atoms with Crippen LogP contribution in [0.15, 0.2) is 34.4 Å². The summed E-state index contributed by atoms with van der Waals surface area (Å²) in [6.07, 6.45) is 8.33. The standard InChI is InChI=1S/C15H18BrN3S/c16-11-6-10(8-18-9-11)7-14(19-17)12-2-1-3-15-13(12)4-5-20-15/h4-6,8-9,12,14,19H,1-3,7,17H2. The molecule has 1 aliphatic rings. The van der Waals surface area contributed by atoms with Crippen molar-refractivity contribution in [2.45, 2.75) is 37.6 Å². The lowest BCUT2D eigenvalue weighted by molar-refractivity contribution is 0.397. The normalized spacial score (nSPS) is 19.6. The maximum absolute atomic E-state index is 5.84. The average molecular weight is 352 g/mol. The van der Waals surface area contributed by atoms with Crippen LogP contribution >= 0.6 is 27.3 Å². The number of nitrogens with two attached hydrogens (primary N) is 1. The van der Waals surface area contributed by atoms with Crippen LogP contribution in [0, 0.1) is 0 Å². The van der Waals surface area contributed by atoms with E-state index in [2.05, 4.69) is 43.9 Å². The largest absolute Gasteiger partial charge is 0.271 e. The summed E-state index contributed by atoms with van der Waals surface area (Å²) in [5, 5.41) is 2.21. The number of hydrazine groups is 1. The van der Waals surface area contributed by atoms with Gasteiger partial charge in [0.1, 0.15) is 0 Å². The van der Waals surface area contributed by atoms with Crippen LogP contribution in [0.3, 0.4) is 0 Å². The Morgan fingerprint density at radius 1 is 1.50 bits per heavy atom. The molecule has 0 aromatic carbocycles. The van der Waals surface area contributed by atoms with Crippen molar-refractivity contribution in [1.29, 1.82) is 0 Å². The van der Waals surface area contributed by atoms with E-state index < -0.39 is 0 Å². The van der Waals surface area contributed by atoms with E-state index >= 15 is 0 Å². The number of halogens is 1. The SMILES string of the molecule is NNC(Cc1cncc(Br)c1)C1CCCc2sccc21. The lowest BCUT2D eigenvalue weighted by atomic mass is 9.81. The molecular formula is C15H18BrN3S. The van der Waals surface area contributed by atoms with Gasteiger partial charge in [0.2, 0.25) is 0 Å². The highest BCUT2D eigenvalue weighted by atomic mass is 79.9. The molecule has 5 heteroatoms. The van der Waals surface area contributed by atoms with Crippen molar-refractivity contribution >= 4 is 27.3 Å². The zero-order valence-corrected chi connectivity index (χ0v) is 13.6. The van der Waals surface area contributed by atoms with Crippen LogP contribution < -0.4 is 11.3 Å². The van der Waals surface area contributed by atoms with Crippen LogP contribution in [-0.4, -0.2) is 11.0 Å². The molecule has 2 aromatic heterocycles. The molecule has 0 saturated carbocycles. The molecule has 20 heavy (non-hydrogen) atoms. The van der Waals surface area contributed by atoms with Crippen molar-refractivity contribution in [3.8, 4) is 0 Å². The summed E-state index contributed by atoms with van der Waals surface area (Å²) in [6, 6.07) is 4.65. The maximum Gasteiger partial charge on any atom is 0.0410 e. The van der Waals surface area contributed by atoms with Crippen molar-refractivity contribution < 1.29 is 0 Å². The van der Waals surface area contributed by atoms with E-state index in [1.54, 1.807) is 0 Å². The van der Waals surface area contributed by atoms with Gasteiger partial charge in [-0.05, 0) is 70.3 Å². The van der Waals surface area contributed by atoms with E-state index in [1.807, 2.05) is 23.7 Å². The quantitative estimate of drug-likeness (QED) is 0.655. The van der Waals surface area contributed by atoms with Crippen molar-refractivity contribution in [3.05, 3.63) is 50.4 Å². The van der Waals surface area contributed by atoms with Crippen LogP contribution in [0.4, 0.5) is 0 Å². The van der Waals surface area contributed by atoms with E-state index in [4.69, 9.17) is 5.84 Å².